The van der Waals surface area contributed by atoms with Crippen LogP contribution < -0.4 is 10.6 Å². The molecule has 2 N–H and O–H groups in total. The van der Waals surface area contributed by atoms with Crippen LogP contribution in [0.4, 0.5) is 5.69 Å². The van der Waals surface area contributed by atoms with E-state index in [-0.39, 0.29) is 11.8 Å². The minimum atomic E-state index is 0.0787. The first kappa shape index (κ1) is 14.1. The Morgan fingerprint density at radius 2 is 2.21 bits per heavy atom. The average Bonchev–Trinajstić information content (AvgIpc) is 2.68. The zero-order valence-electron chi connectivity index (χ0n) is 12.3. The van der Waals surface area contributed by atoms with Crippen LogP contribution in [0.1, 0.15) is 44.1 Å². The number of aryl methyl sites for hydroxylation is 1. The lowest BCUT2D eigenvalue weighted by Crippen LogP contribution is -2.37. The lowest BCUT2D eigenvalue weighted by molar-refractivity contribution is -0.120. The van der Waals surface area contributed by atoms with Crippen molar-refractivity contribution in [2.75, 3.05) is 18.4 Å². The van der Waals surface area contributed by atoms with Gasteiger partial charge in [0.15, 0.2) is 0 Å². The first-order valence-electron chi connectivity index (χ1n) is 7.08. The topological polar surface area (TPSA) is 59.0 Å². The van der Waals surface area contributed by atoms with Gasteiger partial charge in [-0.3, -0.25) is 9.48 Å². The van der Waals surface area contributed by atoms with Crippen molar-refractivity contribution in [3.05, 3.63) is 11.4 Å². The molecule has 1 fully saturated rings. The summed E-state index contributed by atoms with van der Waals surface area (Å²) in [4.78, 5) is 12.3. The molecule has 0 spiro atoms. The first-order valence-corrected chi connectivity index (χ1v) is 7.08. The summed E-state index contributed by atoms with van der Waals surface area (Å²) in [5, 5.41) is 10.8. The van der Waals surface area contributed by atoms with E-state index < -0.39 is 0 Å². The zero-order chi connectivity index (χ0) is 14.0. The molecule has 0 aromatic carbocycles. The minimum absolute atomic E-state index is 0.0787. The van der Waals surface area contributed by atoms with Crippen LogP contribution in [0.2, 0.25) is 0 Å². The molecule has 0 aliphatic carbocycles. The highest BCUT2D eigenvalue weighted by Gasteiger charge is 2.23. The Bertz CT molecular complexity index is 458. The number of rotatable bonds is 3. The van der Waals surface area contributed by atoms with Crippen molar-refractivity contribution >= 4 is 11.6 Å². The molecule has 1 unspecified atom stereocenters. The van der Waals surface area contributed by atoms with Gasteiger partial charge in [0.05, 0.1) is 23.0 Å². The Hall–Kier alpha value is -1.36. The fourth-order valence-corrected chi connectivity index (χ4v) is 2.65. The second kappa shape index (κ2) is 5.74. The number of nitrogens with one attached hydrogen (secondary N) is 2. The molecule has 2 heterocycles. The van der Waals surface area contributed by atoms with Crippen molar-refractivity contribution in [1.29, 1.82) is 0 Å². The van der Waals surface area contributed by atoms with Crippen molar-refractivity contribution in [3.8, 4) is 0 Å². The zero-order valence-corrected chi connectivity index (χ0v) is 12.3. The Balaban J connectivity index is 2.12. The third-order valence-corrected chi connectivity index (χ3v) is 3.73. The number of aromatic nitrogens is 2. The average molecular weight is 264 g/mol. The van der Waals surface area contributed by atoms with E-state index in [2.05, 4.69) is 29.6 Å². The second-order valence-corrected chi connectivity index (χ2v) is 5.62. The fraction of sp³-hybridized carbons (Fsp3) is 0.714. The van der Waals surface area contributed by atoms with Crippen LogP contribution in [0.5, 0.6) is 0 Å². The van der Waals surface area contributed by atoms with Crippen LogP contribution in [0, 0.1) is 19.8 Å². The van der Waals surface area contributed by atoms with Crippen LogP contribution in [0.15, 0.2) is 0 Å². The number of hydrogen-bond donors (Lipinski definition) is 2. The van der Waals surface area contributed by atoms with E-state index in [1.54, 1.807) is 0 Å². The summed E-state index contributed by atoms with van der Waals surface area (Å²) in [6, 6.07) is 0.306. The Labute approximate surface area is 114 Å². The normalized spacial score (nSPS) is 19.7. The quantitative estimate of drug-likeness (QED) is 0.878. The summed E-state index contributed by atoms with van der Waals surface area (Å²) < 4.78 is 1.96. The van der Waals surface area contributed by atoms with Gasteiger partial charge in [-0.15, -0.1) is 0 Å². The van der Waals surface area contributed by atoms with Gasteiger partial charge in [0.25, 0.3) is 0 Å². The van der Waals surface area contributed by atoms with Gasteiger partial charge in [0, 0.05) is 12.6 Å². The van der Waals surface area contributed by atoms with Crippen molar-refractivity contribution in [1.82, 2.24) is 15.1 Å². The third kappa shape index (κ3) is 2.97. The molecule has 1 aromatic heterocycles. The van der Waals surface area contributed by atoms with Gasteiger partial charge in [0.1, 0.15) is 0 Å². The molecule has 1 atom stereocenters. The summed E-state index contributed by atoms with van der Waals surface area (Å²) in [6.07, 6.45) is 2.04. The molecule has 19 heavy (non-hydrogen) atoms. The highest BCUT2D eigenvalue weighted by atomic mass is 16.1. The number of carbonyl (C=O) groups is 1. The number of piperidine rings is 1. The summed E-state index contributed by atoms with van der Waals surface area (Å²) in [5.41, 5.74) is 2.80. The third-order valence-electron chi connectivity index (χ3n) is 3.73. The lowest BCUT2D eigenvalue weighted by Gasteiger charge is -2.22. The van der Waals surface area contributed by atoms with E-state index in [0.717, 1.165) is 43.0 Å². The maximum absolute atomic E-state index is 12.3. The van der Waals surface area contributed by atoms with E-state index in [9.17, 15) is 4.79 Å². The molecule has 1 aromatic rings. The summed E-state index contributed by atoms with van der Waals surface area (Å²) in [5.74, 6) is 0.191. The van der Waals surface area contributed by atoms with Gasteiger partial charge >= 0.3 is 0 Å². The van der Waals surface area contributed by atoms with Crippen molar-refractivity contribution in [3.63, 3.8) is 0 Å². The predicted octanol–water partition coefficient (Wildman–Crippen LogP) is 2.02. The van der Waals surface area contributed by atoms with Crippen molar-refractivity contribution < 1.29 is 4.79 Å². The van der Waals surface area contributed by atoms with E-state index in [4.69, 9.17) is 0 Å². The van der Waals surface area contributed by atoms with Gasteiger partial charge in [-0.2, -0.15) is 5.10 Å². The highest BCUT2D eigenvalue weighted by Crippen LogP contribution is 2.23. The molecule has 0 saturated carbocycles. The first-order chi connectivity index (χ1) is 9.00. The van der Waals surface area contributed by atoms with Gasteiger partial charge in [-0.1, -0.05) is 0 Å². The van der Waals surface area contributed by atoms with Crippen LogP contribution in [0.25, 0.3) is 0 Å². The number of amides is 1. The molecule has 1 aliphatic heterocycles. The highest BCUT2D eigenvalue weighted by molar-refractivity contribution is 5.93. The Kier molecular flexibility index (Phi) is 4.24. The number of nitrogens with zero attached hydrogens (tertiary/aromatic N) is 2. The monoisotopic (exact) mass is 264 g/mol. The van der Waals surface area contributed by atoms with Crippen molar-refractivity contribution in [2.24, 2.45) is 5.92 Å². The Morgan fingerprint density at radius 1 is 1.47 bits per heavy atom. The second-order valence-electron chi connectivity index (χ2n) is 5.62. The summed E-state index contributed by atoms with van der Waals surface area (Å²) >= 11 is 0. The van der Waals surface area contributed by atoms with Gasteiger partial charge in [-0.05, 0) is 47.1 Å². The summed E-state index contributed by atoms with van der Waals surface area (Å²) in [6.45, 7) is 9.94. The Morgan fingerprint density at radius 3 is 2.74 bits per heavy atom. The van der Waals surface area contributed by atoms with E-state index in [1.807, 2.05) is 18.5 Å². The van der Waals surface area contributed by atoms with Crippen molar-refractivity contribution in [2.45, 2.75) is 46.6 Å². The van der Waals surface area contributed by atoms with Crippen LogP contribution in [0.3, 0.4) is 0 Å². The lowest BCUT2D eigenvalue weighted by atomic mass is 9.99. The standard InChI is InChI=1S/C14H24N4O/c1-9(2)18-11(4)13(10(3)17-18)16-14(19)12-6-5-7-15-8-12/h9,12,15H,5-8H2,1-4H3,(H,16,19). The van der Waals surface area contributed by atoms with E-state index in [1.165, 1.54) is 0 Å². The maximum atomic E-state index is 12.3. The molecule has 0 bridgehead atoms. The molecule has 2 rings (SSSR count). The molecule has 5 nitrogen and oxygen atoms in total. The van der Waals surface area contributed by atoms with Gasteiger partial charge < -0.3 is 10.6 Å². The molecule has 106 valence electrons. The minimum Gasteiger partial charge on any atom is -0.323 e. The maximum Gasteiger partial charge on any atom is 0.228 e. The molecule has 1 aliphatic rings. The number of anilines is 1. The SMILES string of the molecule is Cc1nn(C(C)C)c(C)c1NC(=O)C1CCCNC1. The van der Waals surface area contributed by atoms with E-state index in [0.29, 0.717) is 6.04 Å². The van der Waals surface area contributed by atoms with Gasteiger partial charge in [0.2, 0.25) is 5.91 Å². The molecule has 5 heteroatoms. The van der Waals surface area contributed by atoms with E-state index >= 15 is 0 Å². The number of hydrogen-bond acceptors (Lipinski definition) is 3. The molecule has 0 radical (unpaired) electrons. The molecular weight excluding hydrogens is 240 g/mol. The molecule has 1 saturated heterocycles. The molecular formula is C14H24N4O. The van der Waals surface area contributed by atoms with Crippen LogP contribution in [-0.2, 0) is 4.79 Å². The molecule has 1 amide bonds. The number of carbonyl (C=O) groups excluding carboxylic acids is 1. The predicted molar refractivity (Wildman–Crippen MR) is 76.3 cm³/mol. The van der Waals surface area contributed by atoms with Crippen LogP contribution >= 0.6 is 0 Å². The van der Waals surface area contributed by atoms with Gasteiger partial charge in [-0.25, -0.2) is 0 Å². The summed E-state index contributed by atoms with van der Waals surface area (Å²) in [7, 11) is 0. The largest absolute Gasteiger partial charge is 0.323 e. The van der Waals surface area contributed by atoms with Crippen LogP contribution in [-0.4, -0.2) is 28.8 Å². The smallest absolute Gasteiger partial charge is 0.228 e. The fourth-order valence-electron chi connectivity index (χ4n) is 2.65.